The normalized spacial score (nSPS) is 10.1. The summed E-state index contributed by atoms with van der Waals surface area (Å²) in [5, 5.41) is 3.35. The van der Waals surface area contributed by atoms with E-state index in [9.17, 15) is 0 Å². The maximum Gasteiger partial charge on any atom is 0.0794 e. The second-order valence-electron chi connectivity index (χ2n) is 2.83. The predicted molar refractivity (Wildman–Crippen MR) is 68.6 cm³/mol. The maximum absolute atomic E-state index is 4.03. The van der Waals surface area contributed by atoms with Crippen molar-refractivity contribution in [2.45, 2.75) is 6.54 Å². The van der Waals surface area contributed by atoms with Crippen molar-refractivity contribution in [3.8, 4) is 0 Å². The number of aromatic nitrogens is 1. The van der Waals surface area contributed by atoms with Gasteiger partial charge >= 0.3 is 0 Å². The van der Waals surface area contributed by atoms with Gasteiger partial charge in [0.25, 0.3) is 0 Å². The van der Waals surface area contributed by atoms with E-state index in [1.807, 2.05) is 11.7 Å². The Morgan fingerprint density at radius 1 is 1.43 bits per heavy atom. The molecule has 14 heavy (non-hydrogen) atoms. The largest absolute Gasteiger partial charge is 0.380 e. The minimum absolute atomic E-state index is 0.852. The first-order valence-corrected chi connectivity index (χ1v) is 6.17. The lowest BCUT2D eigenvalue weighted by Gasteiger charge is -2.04. The molecule has 72 valence electrons. The van der Waals surface area contributed by atoms with E-state index < -0.39 is 0 Å². The number of hydrogen-bond donors (Lipinski definition) is 1. The molecule has 1 N–H and O–H groups in total. The molecule has 1 aromatic heterocycles. The minimum Gasteiger partial charge on any atom is -0.380 e. The molecule has 2 nitrogen and oxygen atoms in total. The number of thiazole rings is 1. The molecule has 0 aliphatic heterocycles. The summed E-state index contributed by atoms with van der Waals surface area (Å²) in [6.07, 6.45) is 1.89. The van der Waals surface area contributed by atoms with E-state index in [-0.39, 0.29) is 0 Å². The standard InChI is InChI=1S/C10H9IN2S/c11-8-2-1-3-9(4-8)13-6-10-5-12-7-14-10/h1-5,7,13H,6H2. The van der Waals surface area contributed by atoms with Crippen molar-refractivity contribution in [1.82, 2.24) is 4.98 Å². The van der Waals surface area contributed by atoms with Gasteiger partial charge in [-0.05, 0) is 40.8 Å². The number of anilines is 1. The zero-order chi connectivity index (χ0) is 9.80. The molecule has 0 amide bonds. The Bertz CT molecular complexity index is 400. The molecule has 2 rings (SSSR count). The highest BCUT2D eigenvalue weighted by Crippen LogP contribution is 2.14. The van der Waals surface area contributed by atoms with Crippen molar-refractivity contribution in [2.75, 3.05) is 5.32 Å². The first kappa shape index (κ1) is 9.92. The number of rotatable bonds is 3. The molecule has 0 unspecified atom stereocenters. The Hall–Kier alpha value is -0.620. The van der Waals surface area contributed by atoms with Gasteiger partial charge < -0.3 is 5.32 Å². The van der Waals surface area contributed by atoms with Crippen LogP contribution in [0.5, 0.6) is 0 Å². The van der Waals surface area contributed by atoms with Gasteiger partial charge in [-0.1, -0.05) is 6.07 Å². The molecule has 0 saturated carbocycles. The third-order valence-electron chi connectivity index (χ3n) is 1.77. The summed E-state index contributed by atoms with van der Waals surface area (Å²) >= 11 is 3.98. The van der Waals surface area contributed by atoms with Gasteiger partial charge in [-0.3, -0.25) is 4.98 Å². The Kier molecular flexibility index (Phi) is 3.36. The second-order valence-corrected chi connectivity index (χ2v) is 5.05. The van der Waals surface area contributed by atoms with Gasteiger partial charge in [0, 0.05) is 20.3 Å². The molecule has 0 atom stereocenters. The van der Waals surface area contributed by atoms with Crippen LogP contribution in [0.2, 0.25) is 0 Å². The zero-order valence-corrected chi connectivity index (χ0v) is 10.4. The average molecular weight is 316 g/mol. The molecule has 1 heterocycles. The molecule has 0 spiro atoms. The lowest BCUT2D eigenvalue weighted by molar-refractivity contribution is 1.17. The van der Waals surface area contributed by atoms with Crippen LogP contribution in [-0.2, 0) is 6.54 Å². The van der Waals surface area contributed by atoms with Crippen LogP contribution >= 0.6 is 33.9 Å². The summed E-state index contributed by atoms with van der Waals surface area (Å²) in [6, 6.07) is 8.33. The molecule has 1 aromatic carbocycles. The number of nitrogens with one attached hydrogen (secondary N) is 1. The van der Waals surface area contributed by atoms with Gasteiger partial charge in [-0.25, -0.2) is 0 Å². The summed E-state index contributed by atoms with van der Waals surface area (Å²) in [4.78, 5) is 5.28. The van der Waals surface area contributed by atoms with E-state index in [1.54, 1.807) is 11.3 Å². The molecule has 0 aliphatic carbocycles. The van der Waals surface area contributed by atoms with E-state index in [0.29, 0.717) is 0 Å². The first-order valence-electron chi connectivity index (χ1n) is 4.21. The molecule has 0 radical (unpaired) electrons. The van der Waals surface area contributed by atoms with Crippen molar-refractivity contribution in [3.63, 3.8) is 0 Å². The lowest BCUT2D eigenvalue weighted by atomic mass is 10.3. The van der Waals surface area contributed by atoms with Gasteiger partial charge in [0.15, 0.2) is 0 Å². The minimum atomic E-state index is 0.852. The lowest BCUT2D eigenvalue weighted by Crippen LogP contribution is -1.97. The molecule has 0 aliphatic rings. The summed E-state index contributed by atoms with van der Waals surface area (Å²) in [5.41, 5.74) is 3.01. The molecular formula is C10H9IN2S. The van der Waals surface area contributed by atoms with E-state index in [1.165, 1.54) is 8.45 Å². The van der Waals surface area contributed by atoms with E-state index >= 15 is 0 Å². The van der Waals surface area contributed by atoms with Crippen LogP contribution in [0.3, 0.4) is 0 Å². The summed E-state index contributed by atoms with van der Waals surface area (Å²) < 4.78 is 1.25. The highest BCUT2D eigenvalue weighted by Gasteiger charge is 1.95. The highest BCUT2D eigenvalue weighted by atomic mass is 127. The van der Waals surface area contributed by atoms with Crippen molar-refractivity contribution >= 4 is 39.6 Å². The topological polar surface area (TPSA) is 24.9 Å². The van der Waals surface area contributed by atoms with Crippen molar-refractivity contribution in [2.24, 2.45) is 0 Å². The van der Waals surface area contributed by atoms with Crippen LogP contribution in [0.1, 0.15) is 4.88 Å². The number of halogens is 1. The van der Waals surface area contributed by atoms with Gasteiger partial charge in [-0.15, -0.1) is 11.3 Å². The van der Waals surface area contributed by atoms with Gasteiger partial charge in [-0.2, -0.15) is 0 Å². The highest BCUT2D eigenvalue weighted by molar-refractivity contribution is 14.1. The summed E-state index contributed by atoms with van der Waals surface area (Å²) in [6.45, 7) is 0.852. The van der Waals surface area contributed by atoms with Crippen molar-refractivity contribution in [3.05, 3.63) is 44.4 Å². The monoisotopic (exact) mass is 316 g/mol. The fourth-order valence-electron chi connectivity index (χ4n) is 1.12. The van der Waals surface area contributed by atoms with E-state index in [0.717, 1.165) is 12.2 Å². The Labute approximate surface area is 101 Å². The number of hydrogen-bond acceptors (Lipinski definition) is 3. The zero-order valence-electron chi connectivity index (χ0n) is 7.40. The number of benzene rings is 1. The summed E-state index contributed by atoms with van der Waals surface area (Å²) in [5.74, 6) is 0. The quantitative estimate of drug-likeness (QED) is 0.879. The van der Waals surface area contributed by atoms with Gasteiger partial charge in [0.1, 0.15) is 0 Å². The Morgan fingerprint density at radius 3 is 3.07 bits per heavy atom. The fourth-order valence-corrected chi connectivity index (χ4v) is 2.19. The third-order valence-corrected chi connectivity index (χ3v) is 3.23. The van der Waals surface area contributed by atoms with E-state index in [2.05, 4.69) is 57.2 Å². The van der Waals surface area contributed by atoms with Crippen LogP contribution in [0, 0.1) is 3.57 Å². The maximum atomic E-state index is 4.03. The Balaban J connectivity index is 1.98. The van der Waals surface area contributed by atoms with Crippen molar-refractivity contribution < 1.29 is 0 Å². The summed E-state index contributed by atoms with van der Waals surface area (Å²) in [7, 11) is 0. The van der Waals surface area contributed by atoms with Crippen LogP contribution in [0.15, 0.2) is 36.0 Å². The van der Waals surface area contributed by atoms with Crippen molar-refractivity contribution in [1.29, 1.82) is 0 Å². The van der Waals surface area contributed by atoms with Crippen LogP contribution in [0.4, 0.5) is 5.69 Å². The molecule has 0 bridgehead atoms. The third kappa shape index (κ3) is 2.68. The molecule has 4 heteroatoms. The molecule has 0 fully saturated rings. The van der Waals surface area contributed by atoms with Gasteiger partial charge in [0.2, 0.25) is 0 Å². The second kappa shape index (κ2) is 4.75. The smallest absolute Gasteiger partial charge is 0.0794 e. The average Bonchev–Trinajstić information content (AvgIpc) is 2.67. The predicted octanol–water partition coefficient (Wildman–Crippen LogP) is 3.36. The molecule has 0 saturated heterocycles. The van der Waals surface area contributed by atoms with Gasteiger partial charge in [0.05, 0.1) is 12.1 Å². The number of nitrogens with zero attached hydrogens (tertiary/aromatic N) is 1. The first-order chi connectivity index (χ1) is 6.84. The fraction of sp³-hybridized carbons (Fsp3) is 0.100. The molecular weight excluding hydrogens is 307 g/mol. The van der Waals surface area contributed by atoms with Crippen LogP contribution in [0.25, 0.3) is 0 Å². The van der Waals surface area contributed by atoms with Crippen LogP contribution < -0.4 is 5.32 Å². The Morgan fingerprint density at radius 2 is 2.36 bits per heavy atom. The SMILES string of the molecule is Ic1cccc(NCc2cncs2)c1. The van der Waals surface area contributed by atoms with Crippen LogP contribution in [-0.4, -0.2) is 4.98 Å². The van der Waals surface area contributed by atoms with E-state index in [4.69, 9.17) is 0 Å². The molecule has 2 aromatic rings.